The maximum absolute atomic E-state index is 12.0. The second-order valence-corrected chi connectivity index (χ2v) is 6.99. The number of likely N-dealkylation sites (tertiary alicyclic amines) is 1. The van der Waals surface area contributed by atoms with Gasteiger partial charge in [0.2, 0.25) is 5.91 Å². The average Bonchev–Trinajstić information content (AvgIpc) is 2.99. The van der Waals surface area contributed by atoms with Crippen LogP contribution < -0.4 is 5.32 Å². The number of anilines is 1. The predicted molar refractivity (Wildman–Crippen MR) is 97.6 cm³/mol. The van der Waals surface area contributed by atoms with Gasteiger partial charge in [-0.3, -0.25) is 14.5 Å². The van der Waals surface area contributed by atoms with Gasteiger partial charge in [-0.05, 0) is 44.1 Å². The van der Waals surface area contributed by atoms with Gasteiger partial charge in [0.25, 0.3) is 0 Å². The number of carbonyl (C=O) groups excluding carboxylic acids is 1. The molecule has 0 spiro atoms. The molecule has 1 atom stereocenters. The van der Waals surface area contributed by atoms with Crippen molar-refractivity contribution in [2.45, 2.75) is 39.2 Å². The number of hydrogen-bond donors (Lipinski definition) is 3. The standard InChI is InChI=1S/C19H25N3O3/c1-12(2)18(23)21-13-6-7-16-14(10-13)15(11-20-16)17(19(24)25)22-8-4-3-5-9-22/h6-7,10-12,17,20H,3-5,8-9H2,1-2H3,(H,21,23)(H,24,25)/t17-/m0/s1. The lowest BCUT2D eigenvalue weighted by atomic mass is 10.0. The third-order valence-electron chi connectivity index (χ3n) is 4.79. The molecular formula is C19H25N3O3. The molecule has 1 fully saturated rings. The predicted octanol–water partition coefficient (Wildman–Crippen LogP) is 3.37. The third kappa shape index (κ3) is 3.69. The maximum atomic E-state index is 12.0. The number of H-pyrrole nitrogens is 1. The summed E-state index contributed by atoms with van der Waals surface area (Å²) in [5.41, 5.74) is 2.32. The molecule has 1 aromatic heterocycles. The van der Waals surface area contributed by atoms with E-state index in [1.165, 1.54) is 0 Å². The molecule has 0 aliphatic carbocycles. The number of nitrogens with zero attached hydrogens (tertiary/aromatic N) is 1. The zero-order chi connectivity index (χ0) is 18.0. The molecule has 0 bridgehead atoms. The molecule has 1 amide bonds. The van der Waals surface area contributed by atoms with Gasteiger partial charge >= 0.3 is 5.97 Å². The van der Waals surface area contributed by atoms with Gasteiger partial charge in [-0.1, -0.05) is 20.3 Å². The van der Waals surface area contributed by atoms with Crippen LogP contribution in [-0.2, 0) is 9.59 Å². The first-order chi connectivity index (χ1) is 12.0. The molecule has 3 N–H and O–H groups in total. The van der Waals surface area contributed by atoms with Crippen LogP contribution in [0.15, 0.2) is 24.4 Å². The molecule has 0 unspecified atom stereocenters. The number of carboxylic acids is 1. The Kier molecular flexibility index (Phi) is 5.08. The number of aliphatic carboxylic acids is 1. The van der Waals surface area contributed by atoms with Crippen molar-refractivity contribution in [3.63, 3.8) is 0 Å². The molecule has 2 heterocycles. The highest BCUT2D eigenvalue weighted by Crippen LogP contribution is 2.32. The van der Waals surface area contributed by atoms with Crippen molar-refractivity contribution >= 4 is 28.5 Å². The summed E-state index contributed by atoms with van der Waals surface area (Å²) < 4.78 is 0. The van der Waals surface area contributed by atoms with Gasteiger partial charge < -0.3 is 15.4 Å². The summed E-state index contributed by atoms with van der Waals surface area (Å²) in [6.07, 6.45) is 5.00. The van der Waals surface area contributed by atoms with Gasteiger partial charge in [0.15, 0.2) is 0 Å². The van der Waals surface area contributed by atoms with Gasteiger partial charge in [-0.15, -0.1) is 0 Å². The van der Waals surface area contributed by atoms with Crippen molar-refractivity contribution in [1.82, 2.24) is 9.88 Å². The van der Waals surface area contributed by atoms with E-state index in [9.17, 15) is 14.7 Å². The van der Waals surface area contributed by atoms with Crippen molar-refractivity contribution in [3.05, 3.63) is 30.0 Å². The number of amides is 1. The normalized spacial score (nSPS) is 16.9. The van der Waals surface area contributed by atoms with E-state index in [1.807, 2.05) is 36.9 Å². The molecule has 0 saturated carbocycles. The Balaban J connectivity index is 1.96. The zero-order valence-corrected chi connectivity index (χ0v) is 14.7. The Labute approximate surface area is 147 Å². The first-order valence-electron chi connectivity index (χ1n) is 8.86. The molecule has 1 aliphatic rings. The zero-order valence-electron chi connectivity index (χ0n) is 14.7. The topological polar surface area (TPSA) is 85.4 Å². The highest BCUT2D eigenvalue weighted by molar-refractivity contribution is 5.96. The first kappa shape index (κ1) is 17.5. The number of fused-ring (bicyclic) bond motifs is 1. The highest BCUT2D eigenvalue weighted by Gasteiger charge is 2.30. The quantitative estimate of drug-likeness (QED) is 0.777. The number of rotatable bonds is 5. The molecule has 1 aliphatic heterocycles. The van der Waals surface area contributed by atoms with Gasteiger partial charge in [-0.25, -0.2) is 0 Å². The monoisotopic (exact) mass is 343 g/mol. The molecule has 134 valence electrons. The minimum absolute atomic E-state index is 0.0535. The Morgan fingerprint density at radius 3 is 2.56 bits per heavy atom. The van der Waals surface area contributed by atoms with Crippen LogP contribution >= 0.6 is 0 Å². The molecule has 25 heavy (non-hydrogen) atoms. The maximum Gasteiger partial charge on any atom is 0.325 e. The van der Waals surface area contributed by atoms with Crippen molar-refractivity contribution in [3.8, 4) is 0 Å². The lowest BCUT2D eigenvalue weighted by Gasteiger charge is -2.31. The Morgan fingerprint density at radius 1 is 1.20 bits per heavy atom. The molecule has 6 nitrogen and oxygen atoms in total. The van der Waals surface area contributed by atoms with Gasteiger partial charge in [-0.2, -0.15) is 0 Å². The fourth-order valence-electron chi connectivity index (χ4n) is 3.40. The Hall–Kier alpha value is -2.34. The van der Waals surface area contributed by atoms with Crippen LogP contribution in [0.4, 0.5) is 5.69 Å². The number of piperidine rings is 1. The number of benzene rings is 1. The minimum Gasteiger partial charge on any atom is -0.480 e. The Morgan fingerprint density at radius 2 is 1.92 bits per heavy atom. The number of carbonyl (C=O) groups is 2. The van der Waals surface area contributed by atoms with Crippen LogP contribution in [0.2, 0.25) is 0 Å². The van der Waals surface area contributed by atoms with Crippen LogP contribution in [0, 0.1) is 5.92 Å². The highest BCUT2D eigenvalue weighted by atomic mass is 16.4. The van der Waals surface area contributed by atoms with Crippen LogP contribution in [0.5, 0.6) is 0 Å². The van der Waals surface area contributed by atoms with Crippen molar-refractivity contribution in [2.24, 2.45) is 5.92 Å². The second kappa shape index (κ2) is 7.27. The van der Waals surface area contributed by atoms with E-state index in [2.05, 4.69) is 10.3 Å². The van der Waals surface area contributed by atoms with Crippen molar-refractivity contribution in [2.75, 3.05) is 18.4 Å². The van der Waals surface area contributed by atoms with E-state index in [0.717, 1.165) is 48.8 Å². The molecule has 1 aromatic carbocycles. The van der Waals surface area contributed by atoms with E-state index >= 15 is 0 Å². The molecule has 3 rings (SSSR count). The van der Waals surface area contributed by atoms with Gasteiger partial charge in [0.05, 0.1) is 0 Å². The summed E-state index contributed by atoms with van der Waals surface area (Å²) in [5, 5.41) is 13.6. The number of carboxylic acid groups (broad SMARTS) is 1. The summed E-state index contributed by atoms with van der Waals surface area (Å²) in [7, 11) is 0. The number of aromatic nitrogens is 1. The number of nitrogens with one attached hydrogen (secondary N) is 2. The summed E-state index contributed by atoms with van der Waals surface area (Å²) in [6, 6.07) is 4.91. The van der Waals surface area contributed by atoms with Crippen LogP contribution in [-0.4, -0.2) is 40.0 Å². The van der Waals surface area contributed by atoms with Crippen molar-refractivity contribution < 1.29 is 14.7 Å². The lowest BCUT2D eigenvalue weighted by Crippen LogP contribution is -2.37. The molecule has 1 saturated heterocycles. The largest absolute Gasteiger partial charge is 0.480 e. The molecule has 2 aromatic rings. The molecular weight excluding hydrogens is 318 g/mol. The number of hydrogen-bond acceptors (Lipinski definition) is 3. The van der Waals surface area contributed by atoms with Crippen molar-refractivity contribution in [1.29, 1.82) is 0 Å². The van der Waals surface area contributed by atoms with E-state index in [1.54, 1.807) is 6.20 Å². The second-order valence-electron chi connectivity index (χ2n) is 6.99. The van der Waals surface area contributed by atoms with Crippen LogP contribution in [0.1, 0.15) is 44.7 Å². The smallest absolute Gasteiger partial charge is 0.325 e. The van der Waals surface area contributed by atoms with Crippen LogP contribution in [0.3, 0.4) is 0 Å². The molecule has 6 heteroatoms. The van der Waals surface area contributed by atoms with Gasteiger partial charge in [0.1, 0.15) is 6.04 Å². The minimum atomic E-state index is -0.834. The van der Waals surface area contributed by atoms with E-state index in [0.29, 0.717) is 5.69 Å². The van der Waals surface area contributed by atoms with Gasteiger partial charge in [0, 0.05) is 34.3 Å². The van der Waals surface area contributed by atoms with E-state index in [4.69, 9.17) is 0 Å². The molecule has 0 radical (unpaired) electrons. The average molecular weight is 343 g/mol. The summed E-state index contributed by atoms with van der Waals surface area (Å²) >= 11 is 0. The first-order valence-corrected chi connectivity index (χ1v) is 8.86. The van der Waals surface area contributed by atoms with Crippen LogP contribution in [0.25, 0.3) is 10.9 Å². The van der Waals surface area contributed by atoms with E-state index in [-0.39, 0.29) is 11.8 Å². The van der Waals surface area contributed by atoms with E-state index < -0.39 is 12.0 Å². The fraction of sp³-hybridized carbons (Fsp3) is 0.474. The number of aromatic amines is 1. The summed E-state index contributed by atoms with van der Waals surface area (Å²) in [5.74, 6) is -0.997. The SMILES string of the molecule is CC(C)C(=O)Nc1ccc2[nH]cc([C@@H](C(=O)O)N3CCCCC3)c2c1. The summed E-state index contributed by atoms with van der Waals surface area (Å²) in [6.45, 7) is 5.28. The summed E-state index contributed by atoms with van der Waals surface area (Å²) in [4.78, 5) is 29.1. The fourth-order valence-corrected chi connectivity index (χ4v) is 3.40. The third-order valence-corrected chi connectivity index (χ3v) is 4.79. The Bertz CT molecular complexity index is 775. The lowest BCUT2D eigenvalue weighted by molar-refractivity contribution is -0.144.